The van der Waals surface area contributed by atoms with Gasteiger partial charge in [-0.25, -0.2) is 14.4 Å². The Bertz CT molecular complexity index is 669. The Balaban J connectivity index is 2.61. The molecule has 0 amide bonds. The van der Waals surface area contributed by atoms with E-state index in [2.05, 4.69) is 9.97 Å². The van der Waals surface area contributed by atoms with Crippen LogP contribution in [0, 0.1) is 12.7 Å². The third-order valence-electron chi connectivity index (χ3n) is 2.97. The lowest BCUT2D eigenvalue weighted by molar-refractivity contribution is -0.137. The highest BCUT2D eigenvalue weighted by Gasteiger charge is 2.34. The van der Waals surface area contributed by atoms with E-state index in [1.807, 2.05) is 0 Å². The molecule has 0 N–H and O–H groups in total. The maximum absolute atomic E-state index is 13.3. The number of nitrogens with zero attached hydrogens (tertiary/aromatic N) is 2. The van der Waals surface area contributed by atoms with Crippen LogP contribution in [0.2, 0.25) is 0 Å². The number of benzene rings is 1. The zero-order chi connectivity index (χ0) is 15.8. The van der Waals surface area contributed by atoms with Gasteiger partial charge in [0.25, 0.3) is 0 Å². The second-order valence-electron chi connectivity index (χ2n) is 4.54. The molecule has 2 aromatic rings. The Morgan fingerprint density at radius 3 is 2.43 bits per heavy atom. The minimum Gasteiger partial charge on any atom is -0.236 e. The predicted molar refractivity (Wildman–Crippen MR) is 71.4 cm³/mol. The van der Waals surface area contributed by atoms with E-state index < -0.39 is 17.6 Å². The van der Waals surface area contributed by atoms with Crippen LogP contribution in [0.4, 0.5) is 17.6 Å². The molecule has 21 heavy (non-hydrogen) atoms. The minimum absolute atomic E-state index is 0.180. The van der Waals surface area contributed by atoms with Gasteiger partial charge < -0.3 is 0 Å². The topological polar surface area (TPSA) is 25.8 Å². The molecule has 7 heteroatoms. The van der Waals surface area contributed by atoms with E-state index in [9.17, 15) is 17.6 Å². The highest BCUT2D eigenvalue weighted by molar-refractivity contribution is 6.20. The molecule has 1 unspecified atom stereocenters. The van der Waals surface area contributed by atoms with Gasteiger partial charge in [0.2, 0.25) is 0 Å². The summed E-state index contributed by atoms with van der Waals surface area (Å²) < 4.78 is 52.2. The number of alkyl halides is 4. The molecule has 112 valence electrons. The van der Waals surface area contributed by atoms with Gasteiger partial charge in [0.05, 0.1) is 10.9 Å². The fraction of sp³-hybridized carbons (Fsp3) is 0.286. The lowest BCUT2D eigenvalue weighted by Crippen LogP contribution is -2.09. The van der Waals surface area contributed by atoms with Gasteiger partial charge in [0.1, 0.15) is 5.82 Å². The number of hydrogen-bond donors (Lipinski definition) is 0. The molecule has 0 fully saturated rings. The fourth-order valence-corrected chi connectivity index (χ4v) is 2.16. The third-order valence-corrected chi connectivity index (χ3v) is 3.21. The van der Waals surface area contributed by atoms with Gasteiger partial charge in [-0.1, -0.05) is 0 Å². The Morgan fingerprint density at radius 1 is 1.24 bits per heavy atom. The van der Waals surface area contributed by atoms with Gasteiger partial charge >= 0.3 is 6.18 Å². The summed E-state index contributed by atoms with van der Waals surface area (Å²) in [5.41, 5.74) is -0.292. The van der Waals surface area contributed by atoms with Gasteiger partial charge in [-0.3, -0.25) is 0 Å². The molecule has 1 aromatic heterocycles. The molecule has 2 rings (SSSR count). The summed E-state index contributed by atoms with van der Waals surface area (Å²) in [6.45, 7) is 3.32. The lowest BCUT2D eigenvalue weighted by atomic mass is 10.1. The van der Waals surface area contributed by atoms with Gasteiger partial charge in [-0.15, -0.1) is 11.6 Å². The summed E-state index contributed by atoms with van der Waals surface area (Å²) in [4.78, 5) is 7.90. The minimum atomic E-state index is -4.61. The summed E-state index contributed by atoms with van der Waals surface area (Å²) in [5, 5.41) is -0.367. The summed E-state index contributed by atoms with van der Waals surface area (Å²) in [7, 11) is 0. The molecule has 0 bridgehead atoms. The van der Waals surface area contributed by atoms with Crippen LogP contribution in [0.15, 0.2) is 24.4 Å². The van der Waals surface area contributed by atoms with E-state index in [0.717, 1.165) is 12.1 Å². The fourth-order valence-electron chi connectivity index (χ4n) is 1.95. The Kier molecular flexibility index (Phi) is 4.18. The van der Waals surface area contributed by atoms with Crippen LogP contribution in [0.5, 0.6) is 0 Å². The van der Waals surface area contributed by atoms with Crippen molar-refractivity contribution in [2.75, 3.05) is 0 Å². The molecule has 0 saturated carbocycles. The Hall–Kier alpha value is -1.69. The van der Waals surface area contributed by atoms with Crippen molar-refractivity contribution in [2.24, 2.45) is 0 Å². The number of hydrogen-bond acceptors (Lipinski definition) is 2. The van der Waals surface area contributed by atoms with Crippen LogP contribution in [-0.2, 0) is 6.18 Å². The molecular formula is C14H11ClF4N2. The number of halogens is 5. The van der Waals surface area contributed by atoms with Crippen molar-refractivity contribution in [3.05, 3.63) is 47.0 Å². The normalized spacial score (nSPS) is 13.3. The maximum atomic E-state index is 13.3. The average molecular weight is 319 g/mol. The lowest BCUT2D eigenvalue weighted by Gasteiger charge is -2.13. The van der Waals surface area contributed by atoms with Crippen molar-refractivity contribution < 1.29 is 17.6 Å². The molecule has 1 heterocycles. The summed E-state index contributed by atoms with van der Waals surface area (Å²) in [6.07, 6.45) is -3.25. The Morgan fingerprint density at radius 2 is 1.90 bits per heavy atom. The third kappa shape index (κ3) is 3.32. The van der Waals surface area contributed by atoms with Crippen molar-refractivity contribution in [3.63, 3.8) is 0 Å². The zero-order valence-electron chi connectivity index (χ0n) is 11.2. The van der Waals surface area contributed by atoms with E-state index in [4.69, 9.17) is 11.6 Å². The first-order chi connectivity index (χ1) is 9.70. The molecule has 2 nitrogen and oxygen atoms in total. The zero-order valence-corrected chi connectivity index (χ0v) is 11.9. The number of rotatable bonds is 2. The van der Waals surface area contributed by atoms with E-state index in [1.54, 1.807) is 13.8 Å². The first kappa shape index (κ1) is 15.7. The number of aryl methyl sites for hydroxylation is 1. The highest BCUT2D eigenvalue weighted by Crippen LogP contribution is 2.36. The summed E-state index contributed by atoms with van der Waals surface area (Å²) in [6, 6.07) is 2.22. The van der Waals surface area contributed by atoms with Crippen molar-refractivity contribution in [1.82, 2.24) is 9.97 Å². The summed E-state index contributed by atoms with van der Waals surface area (Å²) >= 11 is 5.92. The van der Waals surface area contributed by atoms with E-state index >= 15 is 0 Å². The van der Waals surface area contributed by atoms with Crippen LogP contribution in [0.25, 0.3) is 11.4 Å². The first-order valence-electron chi connectivity index (χ1n) is 6.05. The molecule has 1 aromatic carbocycles. The average Bonchev–Trinajstić information content (AvgIpc) is 2.36. The Labute approximate surface area is 123 Å². The van der Waals surface area contributed by atoms with Crippen molar-refractivity contribution in [1.29, 1.82) is 0 Å². The van der Waals surface area contributed by atoms with Gasteiger partial charge in [0.15, 0.2) is 5.82 Å². The van der Waals surface area contributed by atoms with Crippen molar-refractivity contribution in [2.45, 2.75) is 25.4 Å². The quantitative estimate of drug-likeness (QED) is 0.581. The summed E-state index contributed by atoms with van der Waals surface area (Å²) in [5.74, 6) is -0.963. The van der Waals surface area contributed by atoms with Gasteiger partial charge in [0, 0.05) is 23.0 Å². The molecule has 0 aliphatic carbocycles. The molecule has 0 radical (unpaired) electrons. The smallest absolute Gasteiger partial charge is 0.236 e. The molecule has 0 aliphatic heterocycles. The SMILES string of the molecule is Cc1nc(-c2cc(F)ccc2C(F)(F)F)ncc1C(C)Cl. The molecule has 0 spiro atoms. The largest absolute Gasteiger partial charge is 0.417 e. The van der Waals surface area contributed by atoms with Gasteiger partial charge in [-0.05, 0) is 32.0 Å². The van der Waals surface area contributed by atoms with Gasteiger partial charge in [-0.2, -0.15) is 13.2 Å². The maximum Gasteiger partial charge on any atom is 0.417 e. The molecule has 0 saturated heterocycles. The monoisotopic (exact) mass is 318 g/mol. The predicted octanol–water partition coefficient (Wildman–Crippen LogP) is 4.91. The van der Waals surface area contributed by atoms with Crippen LogP contribution in [0.1, 0.15) is 29.1 Å². The van der Waals surface area contributed by atoms with Crippen LogP contribution in [0.3, 0.4) is 0 Å². The van der Waals surface area contributed by atoms with E-state index in [-0.39, 0.29) is 16.8 Å². The van der Waals surface area contributed by atoms with Crippen LogP contribution in [-0.4, -0.2) is 9.97 Å². The van der Waals surface area contributed by atoms with Crippen LogP contribution >= 0.6 is 11.6 Å². The first-order valence-corrected chi connectivity index (χ1v) is 6.48. The molecular weight excluding hydrogens is 308 g/mol. The van der Waals surface area contributed by atoms with Crippen molar-refractivity contribution >= 4 is 11.6 Å². The standard InChI is InChI=1S/C14H11ClF4N2/c1-7(15)11-6-20-13(21-8(11)2)10-5-9(16)3-4-12(10)14(17,18)19/h3-7H,1-2H3. The van der Waals surface area contributed by atoms with Crippen LogP contribution < -0.4 is 0 Å². The number of aromatic nitrogens is 2. The van der Waals surface area contributed by atoms with E-state index in [0.29, 0.717) is 17.3 Å². The second-order valence-corrected chi connectivity index (χ2v) is 5.19. The molecule has 0 aliphatic rings. The highest BCUT2D eigenvalue weighted by atomic mass is 35.5. The van der Waals surface area contributed by atoms with E-state index in [1.165, 1.54) is 6.20 Å². The molecule has 1 atom stereocenters. The second kappa shape index (κ2) is 5.60. The van der Waals surface area contributed by atoms with Crippen molar-refractivity contribution in [3.8, 4) is 11.4 Å².